The highest BCUT2D eigenvalue weighted by atomic mass is 16.2. The first kappa shape index (κ1) is 14.2. The van der Waals surface area contributed by atoms with Gasteiger partial charge in [-0.2, -0.15) is 5.10 Å². The standard InChI is InChI=1S/C14H21N3O/c1-2-3-4-5-6-11-16-17-14(18)12-7-9-13(15)10-8-12/h7-11H,2-6,15H2,1H3,(H,17,18). The maximum atomic E-state index is 11.6. The molecule has 1 rings (SSSR count). The molecule has 0 unspecified atom stereocenters. The zero-order valence-corrected chi connectivity index (χ0v) is 10.9. The number of hydrogen-bond acceptors (Lipinski definition) is 3. The Balaban J connectivity index is 2.24. The van der Waals surface area contributed by atoms with E-state index in [2.05, 4.69) is 17.5 Å². The van der Waals surface area contributed by atoms with Crippen molar-refractivity contribution in [3.8, 4) is 0 Å². The number of hydrogen-bond donors (Lipinski definition) is 2. The normalized spacial score (nSPS) is 10.7. The van der Waals surface area contributed by atoms with Gasteiger partial charge in [0.15, 0.2) is 0 Å². The van der Waals surface area contributed by atoms with Crippen molar-refractivity contribution in [3.63, 3.8) is 0 Å². The van der Waals surface area contributed by atoms with Crippen molar-refractivity contribution in [1.29, 1.82) is 0 Å². The predicted molar refractivity (Wildman–Crippen MR) is 75.6 cm³/mol. The second-order valence-electron chi connectivity index (χ2n) is 4.22. The molecule has 0 aromatic heterocycles. The van der Waals surface area contributed by atoms with Gasteiger partial charge in [0.25, 0.3) is 5.91 Å². The molecule has 1 aromatic rings. The summed E-state index contributed by atoms with van der Waals surface area (Å²) in [5, 5.41) is 3.91. The monoisotopic (exact) mass is 247 g/mol. The van der Waals surface area contributed by atoms with E-state index in [-0.39, 0.29) is 5.91 Å². The van der Waals surface area contributed by atoms with Crippen LogP contribution in [0.15, 0.2) is 29.4 Å². The average Bonchev–Trinajstić information content (AvgIpc) is 2.38. The van der Waals surface area contributed by atoms with Gasteiger partial charge in [0.2, 0.25) is 0 Å². The molecule has 4 heteroatoms. The zero-order chi connectivity index (χ0) is 13.2. The summed E-state index contributed by atoms with van der Waals surface area (Å²) < 4.78 is 0. The molecule has 0 saturated heterocycles. The number of anilines is 1. The van der Waals surface area contributed by atoms with Crippen LogP contribution in [0.5, 0.6) is 0 Å². The van der Waals surface area contributed by atoms with Crippen LogP contribution in [0.25, 0.3) is 0 Å². The summed E-state index contributed by atoms with van der Waals surface area (Å²) in [6.45, 7) is 2.18. The molecule has 0 fully saturated rings. The van der Waals surface area contributed by atoms with Gasteiger partial charge in [-0.15, -0.1) is 0 Å². The molecule has 3 N–H and O–H groups in total. The fourth-order valence-corrected chi connectivity index (χ4v) is 1.53. The van der Waals surface area contributed by atoms with E-state index in [4.69, 9.17) is 5.73 Å². The van der Waals surface area contributed by atoms with Gasteiger partial charge in [-0.1, -0.05) is 26.2 Å². The molecule has 0 aliphatic carbocycles. The Morgan fingerprint density at radius 2 is 2.00 bits per heavy atom. The SMILES string of the molecule is CCCCCCC=NNC(=O)c1ccc(N)cc1. The molecule has 98 valence electrons. The van der Waals surface area contributed by atoms with Gasteiger partial charge >= 0.3 is 0 Å². The van der Waals surface area contributed by atoms with Crippen LogP contribution in [-0.4, -0.2) is 12.1 Å². The van der Waals surface area contributed by atoms with E-state index >= 15 is 0 Å². The van der Waals surface area contributed by atoms with E-state index in [0.29, 0.717) is 11.3 Å². The van der Waals surface area contributed by atoms with Crippen LogP contribution in [0.4, 0.5) is 5.69 Å². The lowest BCUT2D eigenvalue weighted by molar-refractivity contribution is 0.0955. The van der Waals surface area contributed by atoms with Crippen LogP contribution < -0.4 is 11.2 Å². The Morgan fingerprint density at radius 1 is 1.28 bits per heavy atom. The van der Waals surface area contributed by atoms with Crippen LogP contribution in [0, 0.1) is 0 Å². The summed E-state index contributed by atoms with van der Waals surface area (Å²) in [5.41, 5.74) is 9.25. The number of carbonyl (C=O) groups excluding carboxylic acids is 1. The van der Waals surface area contributed by atoms with Gasteiger partial charge in [-0.25, -0.2) is 5.43 Å². The number of nitrogen functional groups attached to an aromatic ring is 1. The molecule has 0 saturated carbocycles. The summed E-state index contributed by atoms with van der Waals surface area (Å²) in [4.78, 5) is 11.6. The Labute approximate surface area is 108 Å². The first-order valence-corrected chi connectivity index (χ1v) is 6.41. The molecule has 0 aliphatic rings. The maximum Gasteiger partial charge on any atom is 0.271 e. The molecule has 0 aliphatic heterocycles. The number of carbonyl (C=O) groups is 1. The van der Waals surface area contributed by atoms with Crippen LogP contribution in [0.3, 0.4) is 0 Å². The van der Waals surface area contributed by atoms with Gasteiger partial charge in [-0.3, -0.25) is 4.79 Å². The summed E-state index contributed by atoms with van der Waals surface area (Å²) in [7, 11) is 0. The second-order valence-corrected chi connectivity index (χ2v) is 4.22. The molecule has 0 radical (unpaired) electrons. The van der Waals surface area contributed by atoms with Crippen LogP contribution in [0.2, 0.25) is 0 Å². The summed E-state index contributed by atoms with van der Waals surface area (Å²) in [6, 6.07) is 6.76. The lowest BCUT2D eigenvalue weighted by Gasteiger charge is -2.00. The van der Waals surface area contributed by atoms with Gasteiger partial charge in [0.1, 0.15) is 0 Å². The largest absolute Gasteiger partial charge is 0.399 e. The minimum absolute atomic E-state index is 0.209. The van der Waals surface area contributed by atoms with Gasteiger partial charge in [0, 0.05) is 17.5 Å². The molecule has 0 atom stereocenters. The number of nitrogens with zero attached hydrogens (tertiary/aromatic N) is 1. The molecular weight excluding hydrogens is 226 g/mol. The molecule has 1 aromatic carbocycles. The number of amides is 1. The maximum absolute atomic E-state index is 11.6. The Morgan fingerprint density at radius 3 is 2.67 bits per heavy atom. The van der Waals surface area contributed by atoms with E-state index in [1.54, 1.807) is 30.5 Å². The summed E-state index contributed by atoms with van der Waals surface area (Å²) in [5.74, 6) is -0.209. The van der Waals surface area contributed by atoms with E-state index in [1.807, 2.05) is 0 Å². The van der Waals surface area contributed by atoms with Crippen molar-refractivity contribution in [2.75, 3.05) is 5.73 Å². The fourth-order valence-electron chi connectivity index (χ4n) is 1.53. The minimum Gasteiger partial charge on any atom is -0.399 e. The van der Waals surface area contributed by atoms with Crippen molar-refractivity contribution >= 4 is 17.8 Å². The number of rotatable bonds is 7. The lowest BCUT2D eigenvalue weighted by Crippen LogP contribution is -2.17. The van der Waals surface area contributed by atoms with Crippen molar-refractivity contribution in [3.05, 3.63) is 29.8 Å². The van der Waals surface area contributed by atoms with Crippen LogP contribution in [0.1, 0.15) is 49.4 Å². The number of unbranched alkanes of at least 4 members (excludes halogenated alkanes) is 4. The molecule has 4 nitrogen and oxygen atoms in total. The van der Waals surface area contributed by atoms with Gasteiger partial charge in [0.05, 0.1) is 0 Å². The van der Waals surface area contributed by atoms with Crippen molar-refractivity contribution in [1.82, 2.24) is 5.43 Å². The molecule has 1 amide bonds. The fraction of sp³-hybridized carbons (Fsp3) is 0.429. The second kappa shape index (κ2) is 8.28. The van der Waals surface area contributed by atoms with Crippen molar-refractivity contribution in [2.45, 2.75) is 39.0 Å². The van der Waals surface area contributed by atoms with E-state index in [9.17, 15) is 4.79 Å². The predicted octanol–water partition coefficient (Wildman–Crippen LogP) is 2.95. The number of hydrazone groups is 1. The number of nitrogens with one attached hydrogen (secondary N) is 1. The number of benzene rings is 1. The highest BCUT2D eigenvalue weighted by Crippen LogP contribution is 2.05. The third kappa shape index (κ3) is 5.48. The third-order valence-corrected chi connectivity index (χ3v) is 2.62. The molecule has 0 heterocycles. The zero-order valence-electron chi connectivity index (χ0n) is 10.9. The van der Waals surface area contributed by atoms with E-state index in [0.717, 1.165) is 12.8 Å². The lowest BCUT2D eigenvalue weighted by atomic mass is 10.2. The summed E-state index contributed by atoms with van der Waals surface area (Å²) >= 11 is 0. The minimum atomic E-state index is -0.209. The smallest absolute Gasteiger partial charge is 0.271 e. The Hall–Kier alpha value is -1.84. The quantitative estimate of drug-likeness (QED) is 0.336. The molecule has 18 heavy (non-hydrogen) atoms. The molecule has 0 bridgehead atoms. The average molecular weight is 247 g/mol. The highest BCUT2D eigenvalue weighted by molar-refractivity contribution is 5.94. The Bertz CT molecular complexity index is 385. The van der Waals surface area contributed by atoms with Crippen LogP contribution >= 0.6 is 0 Å². The first-order valence-electron chi connectivity index (χ1n) is 6.41. The Kier molecular flexibility index (Phi) is 6.54. The number of nitrogens with two attached hydrogens (primary N) is 1. The summed E-state index contributed by atoms with van der Waals surface area (Å²) in [6.07, 6.45) is 7.48. The highest BCUT2D eigenvalue weighted by Gasteiger charge is 2.02. The van der Waals surface area contributed by atoms with Crippen molar-refractivity contribution < 1.29 is 4.79 Å². The molecule has 0 spiro atoms. The van der Waals surface area contributed by atoms with E-state index < -0.39 is 0 Å². The van der Waals surface area contributed by atoms with E-state index in [1.165, 1.54) is 19.3 Å². The van der Waals surface area contributed by atoms with Gasteiger partial charge in [-0.05, 0) is 37.1 Å². The van der Waals surface area contributed by atoms with Gasteiger partial charge < -0.3 is 5.73 Å². The topological polar surface area (TPSA) is 67.5 Å². The molecular formula is C14H21N3O. The van der Waals surface area contributed by atoms with Crippen molar-refractivity contribution in [2.24, 2.45) is 5.10 Å². The third-order valence-electron chi connectivity index (χ3n) is 2.62. The first-order chi connectivity index (χ1) is 8.74. The van der Waals surface area contributed by atoms with Crippen LogP contribution in [-0.2, 0) is 0 Å².